The molecule has 0 aromatic carbocycles. The number of amides is 5. The van der Waals surface area contributed by atoms with Gasteiger partial charge in [0, 0.05) is 7.05 Å². The average Bonchev–Trinajstić information content (AvgIpc) is 2.02. The molecule has 72 valence electrons. The van der Waals surface area contributed by atoms with Crippen molar-refractivity contribution < 1.29 is 14.4 Å². The zero-order chi connectivity index (χ0) is 10.4. The number of carbonyl (C=O) groups is 3. The molecule has 0 spiro atoms. The first-order chi connectivity index (χ1) is 5.97. The summed E-state index contributed by atoms with van der Waals surface area (Å²) < 4.78 is 0. The first-order valence-electron chi connectivity index (χ1n) is 3.24. The van der Waals surface area contributed by atoms with Crippen LogP contribution in [0.2, 0.25) is 0 Å². The van der Waals surface area contributed by atoms with Crippen molar-refractivity contribution >= 4 is 18.0 Å². The molecule has 0 unspecified atom stereocenters. The monoisotopic (exact) mass is 186 g/mol. The summed E-state index contributed by atoms with van der Waals surface area (Å²) in [5, 5.41) is 2.52. The third-order valence-electron chi connectivity index (χ3n) is 0.998. The van der Waals surface area contributed by atoms with Crippen molar-refractivity contribution in [3.63, 3.8) is 0 Å². The molecule has 0 atom stereocenters. The third kappa shape index (κ3) is 4.40. The molecule has 13 heavy (non-hydrogen) atoms. The molecule has 0 bridgehead atoms. The van der Waals surface area contributed by atoms with Gasteiger partial charge in [-0.1, -0.05) is 6.58 Å². The van der Waals surface area contributed by atoms with Gasteiger partial charge in [-0.3, -0.25) is 15.5 Å². The zero-order valence-electron chi connectivity index (χ0n) is 7.03. The van der Waals surface area contributed by atoms with Gasteiger partial charge >= 0.3 is 12.1 Å². The summed E-state index contributed by atoms with van der Waals surface area (Å²) >= 11 is 0. The molecule has 0 aliphatic heterocycles. The van der Waals surface area contributed by atoms with E-state index in [2.05, 4.69) is 17.7 Å². The Kier molecular flexibility index (Phi) is 4.00. The van der Waals surface area contributed by atoms with E-state index >= 15 is 0 Å². The van der Waals surface area contributed by atoms with Crippen molar-refractivity contribution in [2.75, 3.05) is 7.05 Å². The van der Waals surface area contributed by atoms with Crippen LogP contribution in [-0.2, 0) is 4.79 Å². The molecule has 5 amide bonds. The Morgan fingerprint density at radius 3 is 2.38 bits per heavy atom. The molecule has 0 saturated carbocycles. The van der Waals surface area contributed by atoms with E-state index in [4.69, 9.17) is 0 Å². The minimum Gasteiger partial charge on any atom is -0.351 e. The molecule has 0 aromatic heterocycles. The van der Waals surface area contributed by atoms with Crippen molar-refractivity contribution in [2.24, 2.45) is 5.73 Å². The van der Waals surface area contributed by atoms with Crippen LogP contribution >= 0.6 is 0 Å². The van der Waals surface area contributed by atoms with Gasteiger partial charge in [0.1, 0.15) is 0 Å². The van der Waals surface area contributed by atoms with Crippen LogP contribution in [0.3, 0.4) is 0 Å². The van der Waals surface area contributed by atoms with Gasteiger partial charge in [-0.15, -0.1) is 0 Å². The lowest BCUT2D eigenvalue weighted by Crippen LogP contribution is -2.50. The maximum atomic E-state index is 10.9. The Hall–Kier alpha value is -2.05. The van der Waals surface area contributed by atoms with Crippen LogP contribution in [-0.4, -0.2) is 30.0 Å². The van der Waals surface area contributed by atoms with Crippen LogP contribution in [0, 0.1) is 0 Å². The van der Waals surface area contributed by atoms with Crippen molar-refractivity contribution in [3.8, 4) is 0 Å². The summed E-state index contributed by atoms with van der Waals surface area (Å²) in [6.07, 6.45) is 0.980. The molecule has 0 aliphatic rings. The minimum atomic E-state index is -0.996. The number of primary amides is 1. The van der Waals surface area contributed by atoms with E-state index in [1.54, 1.807) is 5.32 Å². The Labute approximate surface area is 74.5 Å². The van der Waals surface area contributed by atoms with Gasteiger partial charge in [-0.05, 0) is 6.08 Å². The largest absolute Gasteiger partial charge is 0.351 e. The number of nitrogens with one attached hydrogen (secondary N) is 2. The van der Waals surface area contributed by atoms with E-state index in [1.807, 2.05) is 0 Å². The Morgan fingerprint density at radius 1 is 1.46 bits per heavy atom. The highest BCUT2D eigenvalue weighted by atomic mass is 16.2. The first-order valence-corrected chi connectivity index (χ1v) is 3.24. The van der Waals surface area contributed by atoms with Crippen molar-refractivity contribution in [1.29, 1.82) is 0 Å². The summed E-state index contributed by atoms with van der Waals surface area (Å²) in [5.74, 6) is -0.567. The molecule has 0 fully saturated rings. The van der Waals surface area contributed by atoms with E-state index in [9.17, 15) is 14.4 Å². The number of nitrogens with two attached hydrogens (primary N) is 1. The summed E-state index contributed by atoms with van der Waals surface area (Å²) in [6.45, 7) is 3.17. The fraction of sp³-hybridized carbons (Fsp3) is 0.167. The van der Waals surface area contributed by atoms with E-state index < -0.39 is 18.0 Å². The highest BCUT2D eigenvalue weighted by Crippen LogP contribution is 1.78. The Bertz CT molecular complexity index is 250. The Balaban J connectivity index is 4.03. The average molecular weight is 186 g/mol. The van der Waals surface area contributed by atoms with Crippen LogP contribution in [0.25, 0.3) is 0 Å². The number of urea groups is 2. The number of hydrazine groups is 1. The van der Waals surface area contributed by atoms with Gasteiger partial charge in [0.25, 0.3) is 5.91 Å². The van der Waals surface area contributed by atoms with E-state index in [1.165, 1.54) is 7.05 Å². The molecule has 0 radical (unpaired) electrons. The summed E-state index contributed by atoms with van der Waals surface area (Å²) in [5.41, 5.74) is 6.76. The molecule has 7 nitrogen and oxygen atoms in total. The zero-order valence-corrected chi connectivity index (χ0v) is 7.03. The maximum Gasteiger partial charge on any atom is 0.343 e. The van der Waals surface area contributed by atoms with Gasteiger partial charge in [0.15, 0.2) is 0 Å². The summed E-state index contributed by atoms with van der Waals surface area (Å²) in [6, 6.07) is -1.83. The molecule has 0 aliphatic carbocycles. The second kappa shape index (κ2) is 4.75. The van der Waals surface area contributed by atoms with Crippen molar-refractivity contribution in [2.45, 2.75) is 0 Å². The van der Waals surface area contributed by atoms with Crippen molar-refractivity contribution in [3.05, 3.63) is 12.7 Å². The van der Waals surface area contributed by atoms with E-state index in [-0.39, 0.29) is 0 Å². The normalized spacial score (nSPS) is 8.38. The number of imide groups is 1. The second-order valence-corrected chi connectivity index (χ2v) is 2.03. The number of carbonyl (C=O) groups excluding carboxylic acids is 3. The summed E-state index contributed by atoms with van der Waals surface area (Å²) in [4.78, 5) is 31.7. The lowest BCUT2D eigenvalue weighted by molar-refractivity contribution is -0.119. The molecule has 0 aromatic rings. The SMILES string of the molecule is C=CC(=O)NN(C)C(=O)NC(N)=O. The standard InChI is InChI=1S/C6H10N4O3/c1-3-4(11)9-10(2)6(13)8-5(7)12/h3H,1H2,2H3,(H,9,11)(H3,7,8,12,13). The number of nitrogens with zero attached hydrogens (tertiary/aromatic N) is 1. The minimum absolute atomic E-state index is 0.567. The number of hydrogen-bond donors (Lipinski definition) is 3. The molecule has 0 saturated heterocycles. The quantitative estimate of drug-likeness (QED) is 0.358. The fourth-order valence-corrected chi connectivity index (χ4v) is 0.451. The summed E-state index contributed by atoms with van der Waals surface area (Å²) in [7, 11) is 1.25. The van der Waals surface area contributed by atoms with Crippen LogP contribution in [0.1, 0.15) is 0 Å². The first kappa shape index (κ1) is 11.0. The second-order valence-electron chi connectivity index (χ2n) is 2.03. The van der Waals surface area contributed by atoms with Crippen LogP contribution in [0.4, 0.5) is 9.59 Å². The van der Waals surface area contributed by atoms with Gasteiger partial charge in [0.2, 0.25) is 0 Å². The van der Waals surface area contributed by atoms with Gasteiger partial charge in [0.05, 0.1) is 0 Å². The van der Waals surface area contributed by atoms with Gasteiger partial charge < -0.3 is 5.73 Å². The highest BCUT2D eigenvalue weighted by Gasteiger charge is 2.10. The predicted octanol–water partition coefficient (Wildman–Crippen LogP) is -1.08. The number of rotatable bonds is 1. The third-order valence-corrected chi connectivity index (χ3v) is 0.998. The molecular formula is C6H10N4O3. The van der Waals surface area contributed by atoms with E-state index in [0.717, 1.165) is 11.1 Å². The molecule has 4 N–H and O–H groups in total. The number of hydrogen-bond acceptors (Lipinski definition) is 3. The highest BCUT2D eigenvalue weighted by molar-refractivity contribution is 5.94. The van der Waals surface area contributed by atoms with Gasteiger partial charge in [-0.25, -0.2) is 14.6 Å². The maximum absolute atomic E-state index is 10.9. The van der Waals surface area contributed by atoms with Crippen LogP contribution in [0.5, 0.6) is 0 Å². The van der Waals surface area contributed by atoms with Crippen LogP contribution in [0.15, 0.2) is 12.7 Å². The smallest absolute Gasteiger partial charge is 0.343 e. The molecule has 7 heteroatoms. The lowest BCUT2D eigenvalue weighted by atomic mass is 10.6. The fourth-order valence-electron chi connectivity index (χ4n) is 0.451. The predicted molar refractivity (Wildman–Crippen MR) is 44.2 cm³/mol. The molecule has 0 rings (SSSR count). The van der Waals surface area contributed by atoms with Crippen LogP contribution < -0.4 is 16.5 Å². The topological polar surface area (TPSA) is 105 Å². The molecule has 0 heterocycles. The van der Waals surface area contributed by atoms with Gasteiger partial charge in [-0.2, -0.15) is 0 Å². The van der Waals surface area contributed by atoms with Crippen molar-refractivity contribution in [1.82, 2.24) is 15.8 Å². The van der Waals surface area contributed by atoms with E-state index in [0.29, 0.717) is 0 Å². The Morgan fingerprint density at radius 2 is 2.00 bits per heavy atom. The molecular weight excluding hydrogens is 176 g/mol. The lowest BCUT2D eigenvalue weighted by Gasteiger charge is -2.16.